The van der Waals surface area contributed by atoms with Gasteiger partial charge >= 0.3 is 5.97 Å². The third-order valence-corrected chi connectivity index (χ3v) is 2.88. The molecule has 2 aromatic rings. The molecule has 0 spiro atoms. The molecule has 0 aliphatic carbocycles. The summed E-state index contributed by atoms with van der Waals surface area (Å²) in [6.07, 6.45) is 8.17. The van der Waals surface area contributed by atoms with Gasteiger partial charge < -0.3 is 10.8 Å². The molecule has 20 heavy (non-hydrogen) atoms. The topological polar surface area (TPSA) is 107 Å². The molecule has 0 fully saturated rings. The molecule has 2 heterocycles. The fourth-order valence-corrected chi connectivity index (χ4v) is 1.72. The van der Waals surface area contributed by atoms with Gasteiger partial charge in [-0.3, -0.25) is 0 Å². The molecule has 0 aromatic carbocycles. The van der Waals surface area contributed by atoms with E-state index in [0.29, 0.717) is 18.8 Å². The van der Waals surface area contributed by atoms with Crippen molar-refractivity contribution < 1.29 is 20.3 Å². The van der Waals surface area contributed by atoms with Crippen LogP contribution in [0, 0.1) is 0 Å². The minimum atomic E-state index is -0.862. The molecular formula is C13H17N5O2+2. The predicted octanol–water partition coefficient (Wildman–Crippen LogP) is -0.699. The van der Waals surface area contributed by atoms with Gasteiger partial charge in [-0.05, 0) is 11.2 Å². The lowest BCUT2D eigenvalue weighted by Gasteiger charge is -2.00. The Morgan fingerprint density at radius 1 is 1.40 bits per heavy atom. The maximum absolute atomic E-state index is 10.6. The van der Waals surface area contributed by atoms with Crippen molar-refractivity contribution in [1.29, 1.82) is 0 Å². The zero-order valence-electron chi connectivity index (χ0n) is 11.0. The van der Waals surface area contributed by atoms with Gasteiger partial charge in [-0.15, -0.1) is 0 Å². The lowest BCUT2D eigenvalue weighted by atomic mass is 10.2. The van der Waals surface area contributed by atoms with Crippen LogP contribution in [0.4, 0.5) is 0 Å². The summed E-state index contributed by atoms with van der Waals surface area (Å²) in [7, 11) is 0. The summed E-state index contributed by atoms with van der Waals surface area (Å²) in [6, 6.07) is 3.09. The maximum atomic E-state index is 10.6. The van der Waals surface area contributed by atoms with E-state index >= 15 is 0 Å². The highest BCUT2D eigenvalue weighted by molar-refractivity contribution is 5.71. The van der Waals surface area contributed by atoms with Gasteiger partial charge in [0.05, 0.1) is 0 Å². The fourth-order valence-electron chi connectivity index (χ4n) is 1.72. The van der Waals surface area contributed by atoms with Crippen LogP contribution in [0.15, 0.2) is 36.9 Å². The van der Waals surface area contributed by atoms with E-state index < -0.39 is 12.0 Å². The largest absolute Gasteiger partial charge is 0.477 e. The lowest BCUT2D eigenvalue weighted by Crippen LogP contribution is -2.65. The highest BCUT2D eigenvalue weighted by atomic mass is 16.4. The van der Waals surface area contributed by atoms with Gasteiger partial charge in [0.15, 0.2) is 24.6 Å². The van der Waals surface area contributed by atoms with Gasteiger partial charge in [-0.1, -0.05) is 4.68 Å². The number of carboxylic acid groups (broad SMARTS) is 1. The molecule has 0 saturated carbocycles. The number of hydrogen-bond acceptors (Lipinski definition) is 4. The summed E-state index contributed by atoms with van der Waals surface area (Å²) < 4.78 is 1.76. The van der Waals surface area contributed by atoms with Crippen LogP contribution in [-0.4, -0.2) is 32.2 Å². The first-order valence-corrected chi connectivity index (χ1v) is 6.36. The van der Waals surface area contributed by atoms with Crippen LogP contribution < -0.4 is 10.4 Å². The number of rotatable bonds is 6. The molecule has 0 unspecified atom stereocenters. The SMILES string of the molecule is [NH3+][C@@H](CCC[n+]1ccc(-c2ncccn2)cn1)C(=O)O. The number of quaternary nitrogens is 1. The van der Waals surface area contributed by atoms with Crippen LogP contribution >= 0.6 is 0 Å². The smallest absolute Gasteiger partial charge is 0.362 e. The Balaban J connectivity index is 1.91. The quantitative estimate of drug-likeness (QED) is 0.678. The summed E-state index contributed by atoms with van der Waals surface area (Å²) in [5.74, 6) is -0.226. The van der Waals surface area contributed by atoms with Crippen molar-refractivity contribution in [3.8, 4) is 11.4 Å². The van der Waals surface area contributed by atoms with Gasteiger partial charge in [-0.25, -0.2) is 14.8 Å². The lowest BCUT2D eigenvalue weighted by molar-refractivity contribution is -0.754. The Labute approximate surface area is 116 Å². The second kappa shape index (κ2) is 6.67. The minimum Gasteiger partial charge on any atom is -0.477 e. The molecule has 2 aromatic heterocycles. The number of aliphatic carboxylic acids is 1. The number of aryl methyl sites for hydroxylation is 1. The van der Waals surface area contributed by atoms with Crippen LogP contribution in [-0.2, 0) is 11.3 Å². The van der Waals surface area contributed by atoms with Gasteiger partial charge in [0.2, 0.25) is 0 Å². The van der Waals surface area contributed by atoms with Crippen LogP contribution in [0.5, 0.6) is 0 Å². The molecule has 0 amide bonds. The highest BCUT2D eigenvalue weighted by Gasteiger charge is 2.16. The number of nitrogens with zero attached hydrogens (tertiary/aromatic N) is 4. The number of carbonyl (C=O) groups is 1. The molecule has 4 N–H and O–H groups in total. The van der Waals surface area contributed by atoms with Crippen LogP contribution in [0.25, 0.3) is 11.4 Å². The summed E-state index contributed by atoms with van der Waals surface area (Å²) in [5.41, 5.74) is 4.43. The summed E-state index contributed by atoms with van der Waals surface area (Å²) >= 11 is 0. The van der Waals surface area contributed by atoms with Crippen molar-refractivity contribution >= 4 is 5.97 Å². The van der Waals surface area contributed by atoms with Gasteiger partial charge in [0.1, 0.15) is 6.20 Å². The van der Waals surface area contributed by atoms with Crippen molar-refractivity contribution in [3.05, 3.63) is 36.9 Å². The van der Waals surface area contributed by atoms with Crippen LogP contribution in [0.3, 0.4) is 0 Å². The van der Waals surface area contributed by atoms with E-state index in [0.717, 1.165) is 12.0 Å². The Morgan fingerprint density at radius 3 is 2.75 bits per heavy atom. The van der Waals surface area contributed by atoms with Crippen molar-refractivity contribution in [2.45, 2.75) is 25.4 Å². The third-order valence-electron chi connectivity index (χ3n) is 2.88. The summed E-state index contributed by atoms with van der Waals surface area (Å²) in [6.45, 7) is 0.662. The molecule has 0 aliphatic rings. The molecule has 7 nitrogen and oxygen atoms in total. The van der Waals surface area contributed by atoms with Crippen molar-refractivity contribution in [1.82, 2.24) is 15.1 Å². The van der Waals surface area contributed by atoms with Crippen molar-refractivity contribution in [2.75, 3.05) is 0 Å². The number of hydrogen-bond donors (Lipinski definition) is 2. The molecule has 0 radical (unpaired) electrons. The molecular weight excluding hydrogens is 258 g/mol. The number of aromatic nitrogens is 4. The van der Waals surface area contributed by atoms with E-state index in [1.807, 2.05) is 12.3 Å². The first kappa shape index (κ1) is 14.0. The third kappa shape index (κ3) is 3.79. The maximum Gasteiger partial charge on any atom is 0.362 e. The second-order valence-corrected chi connectivity index (χ2v) is 4.43. The van der Waals surface area contributed by atoms with E-state index in [1.54, 1.807) is 29.3 Å². The fraction of sp³-hybridized carbons (Fsp3) is 0.308. The van der Waals surface area contributed by atoms with E-state index in [2.05, 4.69) is 20.8 Å². The summed E-state index contributed by atoms with van der Waals surface area (Å²) in [4.78, 5) is 18.9. The highest BCUT2D eigenvalue weighted by Crippen LogP contribution is 2.09. The van der Waals surface area contributed by atoms with Crippen LogP contribution in [0.2, 0.25) is 0 Å². The van der Waals surface area contributed by atoms with E-state index in [-0.39, 0.29) is 0 Å². The standard InChI is InChI=1S/C13H15N5O2/c14-11(13(19)20)3-1-7-18-8-4-10(9-17-18)12-15-5-2-6-16-12/h2,4-6,8-9,11H,1,3,7,14H2/p+2/t11-/m0/s1. The first-order chi connectivity index (χ1) is 9.66. The van der Waals surface area contributed by atoms with Crippen molar-refractivity contribution in [2.24, 2.45) is 0 Å². The minimum absolute atomic E-state index is 0.535. The molecule has 1 atom stereocenters. The molecule has 0 saturated heterocycles. The molecule has 0 aliphatic heterocycles. The average Bonchev–Trinajstić information content (AvgIpc) is 2.48. The number of carboxylic acids is 1. The summed E-state index contributed by atoms with van der Waals surface area (Å²) in [5, 5.41) is 13.0. The first-order valence-electron chi connectivity index (χ1n) is 6.36. The molecule has 2 rings (SSSR count). The Bertz CT molecular complexity index is 559. The van der Waals surface area contributed by atoms with Crippen molar-refractivity contribution in [3.63, 3.8) is 0 Å². The molecule has 0 bridgehead atoms. The van der Waals surface area contributed by atoms with E-state index in [1.165, 1.54) is 0 Å². The molecule has 104 valence electrons. The molecule has 7 heteroatoms. The Morgan fingerprint density at radius 2 is 2.15 bits per heavy atom. The van der Waals surface area contributed by atoms with Gasteiger partial charge in [-0.2, -0.15) is 0 Å². The normalized spacial score (nSPS) is 12.1. The van der Waals surface area contributed by atoms with E-state index in [4.69, 9.17) is 5.11 Å². The zero-order chi connectivity index (χ0) is 14.4. The second-order valence-electron chi connectivity index (χ2n) is 4.43. The van der Waals surface area contributed by atoms with Crippen LogP contribution in [0.1, 0.15) is 12.8 Å². The average molecular weight is 275 g/mol. The Kier molecular flexibility index (Phi) is 4.67. The van der Waals surface area contributed by atoms with Gasteiger partial charge in [0.25, 0.3) is 0 Å². The van der Waals surface area contributed by atoms with E-state index in [9.17, 15) is 4.79 Å². The van der Waals surface area contributed by atoms with Gasteiger partial charge in [0, 0.05) is 36.9 Å². The zero-order valence-corrected chi connectivity index (χ0v) is 11.0. The monoisotopic (exact) mass is 275 g/mol. The Hall–Kier alpha value is -2.41. The predicted molar refractivity (Wildman–Crippen MR) is 69.0 cm³/mol.